The fourth-order valence-corrected chi connectivity index (χ4v) is 2.61. The lowest BCUT2D eigenvalue weighted by atomic mass is 9.88. The molecule has 90 valence electrons. The Labute approximate surface area is 95.4 Å². The predicted molar refractivity (Wildman–Crippen MR) is 67.3 cm³/mol. The highest BCUT2D eigenvalue weighted by atomic mass is 15.2. The molecular weight excluding hydrogens is 184 g/mol. The van der Waals surface area contributed by atoms with Crippen LogP contribution in [0.3, 0.4) is 0 Å². The van der Waals surface area contributed by atoms with Crippen LogP contribution < -0.4 is 5.32 Å². The quantitative estimate of drug-likeness (QED) is 0.753. The van der Waals surface area contributed by atoms with Crippen LogP contribution in [0.2, 0.25) is 0 Å². The second-order valence-corrected chi connectivity index (χ2v) is 5.20. The van der Waals surface area contributed by atoms with Crippen molar-refractivity contribution in [2.45, 2.75) is 64.5 Å². The summed E-state index contributed by atoms with van der Waals surface area (Å²) in [7, 11) is 2.10. The number of nitrogens with one attached hydrogen (secondary N) is 1. The van der Waals surface area contributed by atoms with Crippen LogP contribution in [-0.2, 0) is 0 Å². The number of hydrogen-bond acceptors (Lipinski definition) is 2. The normalized spacial score (nSPS) is 24.0. The van der Waals surface area contributed by atoms with E-state index in [0.717, 1.165) is 6.04 Å². The van der Waals surface area contributed by atoms with Crippen LogP contribution in [0.1, 0.15) is 52.9 Å². The number of hydrogen-bond donors (Lipinski definition) is 1. The maximum absolute atomic E-state index is 3.46. The van der Waals surface area contributed by atoms with Crippen molar-refractivity contribution < 1.29 is 0 Å². The van der Waals surface area contributed by atoms with Crippen molar-refractivity contribution in [3.8, 4) is 0 Å². The highest BCUT2D eigenvalue weighted by molar-refractivity contribution is 4.89. The molecule has 1 N–H and O–H groups in total. The second-order valence-electron chi connectivity index (χ2n) is 5.20. The summed E-state index contributed by atoms with van der Waals surface area (Å²) in [6, 6.07) is 0.830. The van der Waals surface area contributed by atoms with Crippen molar-refractivity contribution >= 4 is 0 Å². The summed E-state index contributed by atoms with van der Waals surface area (Å²) >= 11 is 0. The molecule has 2 heteroatoms. The Balaban J connectivity index is 2.41. The fourth-order valence-electron chi connectivity index (χ4n) is 2.61. The zero-order valence-electron chi connectivity index (χ0n) is 11.0. The van der Waals surface area contributed by atoms with Gasteiger partial charge >= 0.3 is 0 Å². The van der Waals surface area contributed by atoms with E-state index in [0.29, 0.717) is 5.54 Å². The van der Waals surface area contributed by atoms with Crippen molar-refractivity contribution in [2.75, 3.05) is 20.1 Å². The van der Waals surface area contributed by atoms with Crippen LogP contribution >= 0.6 is 0 Å². The number of rotatable bonds is 5. The molecule has 0 radical (unpaired) electrons. The minimum Gasteiger partial charge on any atom is -0.314 e. The van der Waals surface area contributed by atoms with Gasteiger partial charge in [0.1, 0.15) is 0 Å². The first kappa shape index (κ1) is 13.0. The maximum atomic E-state index is 3.46. The van der Waals surface area contributed by atoms with Gasteiger partial charge in [0.05, 0.1) is 0 Å². The van der Waals surface area contributed by atoms with E-state index in [1.807, 2.05) is 0 Å². The lowest BCUT2D eigenvalue weighted by Gasteiger charge is -2.42. The smallest absolute Gasteiger partial charge is 0.0174 e. The van der Waals surface area contributed by atoms with E-state index in [1.54, 1.807) is 0 Å². The Morgan fingerprint density at radius 3 is 2.27 bits per heavy atom. The average molecular weight is 212 g/mol. The number of nitrogens with zero attached hydrogens (tertiary/aromatic N) is 1. The molecule has 0 spiro atoms. The van der Waals surface area contributed by atoms with Crippen LogP contribution in [0.4, 0.5) is 0 Å². The van der Waals surface area contributed by atoms with Gasteiger partial charge < -0.3 is 10.2 Å². The topological polar surface area (TPSA) is 15.3 Å². The Morgan fingerprint density at radius 1 is 1.27 bits per heavy atom. The molecule has 2 nitrogen and oxygen atoms in total. The molecule has 1 aliphatic rings. The summed E-state index contributed by atoms with van der Waals surface area (Å²) in [4.78, 5) is 2.70. The minimum absolute atomic E-state index is 0.390. The summed E-state index contributed by atoms with van der Waals surface area (Å²) in [6.07, 6.45) is 6.59. The maximum Gasteiger partial charge on any atom is 0.0174 e. The van der Waals surface area contributed by atoms with Crippen molar-refractivity contribution in [1.29, 1.82) is 0 Å². The zero-order chi connectivity index (χ0) is 11.3. The van der Waals surface area contributed by atoms with Crippen LogP contribution in [0.25, 0.3) is 0 Å². The Kier molecular flexibility index (Phi) is 5.07. The molecule has 0 aliphatic carbocycles. The molecule has 0 aromatic rings. The minimum atomic E-state index is 0.390. The molecule has 1 fully saturated rings. The third-order valence-corrected chi connectivity index (χ3v) is 4.11. The third-order valence-electron chi connectivity index (χ3n) is 4.11. The van der Waals surface area contributed by atoms with Gasteiger partial charge in [-0.05, 0) is 39.7 Å². The highest BCUT2D eigenvalue weighted by Gasteiger charge is 2.30. The van der Waals surface area contributed by atoms with Crippen LogP contribution in [0.15, 0.2) is 0 Å². The van der Waals surface area contributed by atoms with Gasteiger partial charge in [0.15, 0.2) is 0 Å². The van der Waals surface area contributed by atoms with Gasteiger partial charge in [0, 0.05) is 24.7 Å². The molecule has 1 aliphatic heterocycles. The monoisotopic (exact) mass is 212 g/mol. The van der Waals surface area contributed by atoms with Crippen LogP contribution in [0, 0.1) is 0 Å². The largest absolute Gasteiger partial charge is 0.314 e. The van der Waals surface area contributed by atoms with E-state index in [2.05, 4.69) is 38.0 Å². The molecule has 1 atom stereocenters. The fraction of sp³-hybridized carbons (Fsp3) is 1.00. The SMILES string of the molecule is CCCC(CC)N1CCC(C)(NC)CC1. The molecule has 1 unspecified atom stereocenters. The molecule has 1 saturated heterocycles. The lowest BCUT2D eigenvalue weighted by molar-refractivity contribution is 0.102. The summed E-state index contributed by atoms with van der Waals surface area (Å²) in [6.45, 7) is 9.52. The van der Waals surface area contributed by atoms with Gasteiger partial charge in [0.2, 0.25) is 0 Å². The van der Waals surface area contributed by atoms with Gasteiger partial charge in [-0.2, -0.15) is 0 Å². The molecular formula is C13H28N2. The standard InChI is InChI=1S/C13H28N2/c1-5-7-12(6-2)15-10-8-13(3,14-4)9-11-15/h12,14H,5-11H2,1-4H3. The lowest BCUT2D eigenvalue weighted by Crippen LogP contribution is -2.52. The summed E-state index contributed by atoms with van der Waals surface area (Å²) in [5.74, 6) is 0. The van der Waals surface area contributed by atoms with E-state index in [-0.39, 0.29) is 0 Å². The van der Waals surface area contributed by atoms with Crippen molar-refractivity contribution in [3.63, 3.8) is 0 Å². The molecule has 0 saturated carbocycles. The molecule has 1 rings (SSSR count). The summed E-state index contributed by atoms with van der Waals surface area (Å²) in [5.41, 5.74) is 0.390. The first-order valence-corrected chi connectivity index (χ1v) is 6.58. The first-order chi connectivity index (χ1) is 7.15. The van der Waals surface area contributed by atoms with E-state index in [4.69, 9.17) is 0 Å². The van der Waals surface area contributed by atoms with Gasteiger partial charge in [-0.3, -0.25) is 0 Å². The Hall–Kier alpha value is -0.0800. The number of piperidine rings is 1. The summed E-state index contributed by atoms with van der Waals surface area (Å²) < 4.78 is 0. The molecule has 0 amide bonds. The highest BCUT2D eigenvalue weighted by Crippen LogP contribution is 2.24. The summed E-state index contributed by atoms with van der Waals surface area (Å²) in [5, 5.41) is 3.46. The molecule has 0 aromatic carbocycles. The van der Waals surface area contributed by atoms with Gasteiger partial charge in [0.25, 0.3) is 0 Å². The van der Waals surface area contributed by atoms with Gasteiger partial charge in [-0.1, -0.05) is 20.3 Å². The van der Waals surface area contributed by atoms with E-state index < -0.39 is 0 Å². The first-order valence-electron chi connectivity index (χ1n) is 6.58. The van der Waals surface area contributed by atoms with Crippen LogP contribution in [0.5, 0.6) is 0 Å². The van der Waals surface area contributed by atoms with E-state index >= 15 is 0 Å². The molecule has 0 aromatic heterocycles. The van der Waals surface area contributed by atoms with E-state index in [1.165, 1.54) is 45.2 Å². The third kappa shape index (κ3) is 3.46. The van der Waals surface area contributed by atoms with E-state index in [9.17, 15) is 0 Å². The van der Waals surface area contributed by atoms with Gasteiger partial charge in [-0.15, -0.1) is 0 Å². The van der Waals surface area contributed by atoms with Crippen molar-refractivity contribution in [3.05, 3.63) is 0 Å². The molecule has 15 heavy (non-hydrogen) atoms. The van der Waals surface area contributed by atoms with Crippen molar-refractivity contribution in [1.82, 2.24) is 10.2 Å². The second kappa shape index (κ2) is 5.86. The Bertz CT molecular complexity index is 171. The van der Waals surface area contributed by atoms with Gasteiger partial charge in [-0.25, -0.2) is 0 Å². The molecule has 0 bridgehead atoms. The Morgan fingerprint density at radius 2 is 1.87 bits per heavy atom. The molecule has 1 heterocycles. The number of likely N-dealkylation sites (tertiary alicyclic amines) is 1. The zero-order valence-corrected chi connectivity index (χ0v) is 11.0. The van der Waals surface area contributed by atoms with Crippen molar-refractivity contribution in [2.24, 2.45) is 0 Å². The predicted octanol–water partition coefficient (Wildman–Crippen LogP) is 2.64. The van der Waals surface area contributed by atoms with Crippen LogP contribution in [-0.4, -0.2) is 36.6 Å². The average Bonchev–Trinajstić information content (AvgIpc) is 2.27.